The number of aryl methyl sites for hydroxylation is 1. The first-order chi connectivity index (χ1) is 8.77. The summed E-state index contributed by atoms with van der Waals surface area (Å²) in [6, 6.07) is 0. The molecule has 1 aromatic rings. The topological polar surface area (TPSA) is 91.5 Å². The number of hydrazine groups is 1. The normalized spacial score (nSPS) is 10.4. The number of ether oxygens (including phenoxy) is 3. The van der Waals surface area contributed by atoms with Crippen LogP contribution in [0.15, 0.2) is 6.20 Å². The molecule has 7 heteroatoms. The van der Waals surface area contributed by atoms with E-state index in [1.165, 1.54) is 0 Å². The van der Waals surface area contributed by atoms with Gasteiger partial charge in [0.25, 0.3) is 0 Å². The number of nitrogens with two attached hydrogens (primary N) is 1. The summed E-state index contributed by atoms with van der Waals surface area (Å²) in [7, 11) is 1.65. The van der Waals surface area contributed by atoms with Crippen LogP contribution in [0.5, 0.6) is 5.88 Å². The van der Waals surface area contributed by atoms with Gasteiger partial charge in [-0.2, -0.15) is 4.98 Å². The molecule has 1 heterocycles. The summed E-state index contributed by atoms with van der Waals surface area (Å²) < 4.78 is 15.7. The van der Waals surface area contributed by atoms with Crippen molar-refractivity contribution in [2.24, 2.45) is 5.84 Å². The molecule has 102 valence electrons. The summed E-state index contributed by atoms with van der Waals surface area (Å²) in [5.74, 6) is 6.11. The van der Waals surface area contributed by atoms with Crippen LogP contribution in [0.3, 0.4) is 0 Å². The molecule has 0 saturated heterocycles. The maximum absolute atomic E-state index is 5.53. The third-order valence-corrected chi connectivity index (χ3v) is 2.16. The fourth-order valence-corrected chi connectivity index (χ4v) is 1.22. The van der Waals surface area contributed by atoms with Crippen molar-refractivity contribution in [3.05, 3.63) is 11.8 Å². The zero-order chi connectivity index (χ0) is 13.2. The van der Waals surface area contributed by atoms with Gasteiger partial charge in [0, 0.05) is 31.9 Å². The van der Waals surface area contributed by atoms with Gasteiger partial charge >= 0.3 is 0 Å². The Balaban J connectivity index is 2.22. The van der Waals surface area contributed by atoms with Gasteiger partial charge in [-0.15, -0.1) is 0 Å². The number of nitrogens with one attached hydrogen (secondary N) is 1. The van der Waals surface area contributed by atoms with Gasteiger partial charge < -0.3 is 14.2 Å². The maximum atomic E-state index is 5.53. The van der Waals surface area contributed by atoms with E-state index in [9.17, 15) is 0 Å². The molecule has 1 aromatic heterocycles. The molecule has 0 aromatic carbocycles. The van der Waals surface area contributed by atoms with Crippen LogP contribution in [0.1, 0.15) is 12.0 Å². The number of aromatic nitrogens is 2. The fraction of sp³-hybridized carbons (Fsp3) is 0.636. The van der Waals surface area contributed by atoms with Gasteiger partial charge in [0.05, 0.1) is 19.8 Å². The lowest BCUT2D eigenvalue weighted by Crippen LogP contribution is -2.12. The second-order valence-electron chi connectivity index (χ2n) is 3.63. The summed E-state index contributed by atoms with van der Waals surface area (Å²) in [6.45, 7) is 4.26. The molecule has 3 N–H and O–H groups in total. The quantitative estimate of drug-likeness (QED) is 0.377. The fourth-order valence-electron chi connectivity index (χ4n) is 1.22. The van der Waals surface area contributed by atoms with Crippen LogP contribution >= 0.6 is 0 Å². The highest BCUT2D eigenvalue weighted by Crippen LogP contribution is 2.14. The van der Waals surface area contributed by atoms with Crippen LogP contribution in [0.2, 0.25) is 0 Å². The number of rotatable bonds is 9. The first kappa shape index (κ1) is 14.6. The second-order valence-corrected chi connectivity index (χ2v) is 3.63. The Labute approximate surface area is 107 Å². The van der Waals surface area contributed by atoms with Crippen LogP contribution in [0.4, 0.5) is 5.95 Å². The van der Waals surface area contributed by atoms with Crippen molar-refractivity contribution in [3.63, 3.8) is 0 Å². The minimum Gasteiger partial charge on any atom is -0.477 e. The van der Waals surface area contributed by atoms with Gasteiger partial charge in [-0.05, 0) is 6.92 Å². The maximum Gasteiger partial charge on any atom is 0.240 e. The van der Waals surface area contributed by atoms with Gasteiger partial charge in [0.15, 0.2) is 0 Å². The van der Waals surface area contributed by atoms with Crippen molar-refractivity contribution in [2.75, 3.05) is 39.0 Å². The highest BCUT2D eigenvalue weighted by atomic mass is 16.5. The van der Waals surface area contributed by atoms with Gasteiger partial charge in [0.1, 0.15) is 0 Å². The number of hydrogen-bond acceptors (Lipinski definition) is 7. The predicted molar refractivity (Wildman–Crippen MR) is 67.4 cm³/mol. The van der Waals surface area contributed by atoms with Gasteiger partial charge in [-0.25, -0.2) is 10.8 Å². The standard InChI is InChI=1S/C11H20N4O3/c1-9-8-13-11(15-12)14-10(9)18-5-3-4-17-7-6-16-2/h8H,3-7,12H2,1-2H3,(H,13,14,15). The van der Waals surface area contributed by atoms with Crippen LogP contribution < -0.4 is 16.0 Å². The van der Waals surface area contributed by atoms with Crippen molar-refractivity contribution < 1.29 is 14.2 Å². The van der Waals surface area contributed by atoms with E-state index in [1.54, 1.807) is 13.3 Å². The van der Waals surface area contributed by atoms with Gasteiger partial charge in [-0.1, -0.05) is 0 Å². The van der Waals surface area contributed by atoms with Crippen molar-refractivity contribution in [1.82, 2.24) is 9.97 Å². The van der Waals surface area contributed by atoms with Crippen LogP contribution in [0, 0.1) is 6.92 Å². The van der Waals surface area contributed by atoms with Crippen LogP contribution in [-0.4, -0.2) is 43.5 Å². The monoisotopic (exact) mass is 256 g/mol. The summed E-state index contributed by atoms with van der Waals surface area (Å²) in [5, 5.41) is 0. The molecule has 0 spiro atoms. The first-order valence-corrected chi connectivity index (χ1v) is 5.77. The molecular weight excluding hydrogens is 236 g/mol. The molecule has 0 atom stereocenters. The molecule has 7 nitrogen and oxygen atoms in total. The third kappa shape index (κ3) is 5.26. The zero-order valence-electron chi connectivity index (χ0n) is 10.8. The van der Waals surface area contributed by atoms with E-state index in [2.05, 4.69) is 15.4 Å². The van der Waals surface area contributed by atoms with E-state index in [4.69, 9.17) is 20.1 Å². The molecule has 0 saturated carbocycles. The Hall–Kier alpha value is -1.44. The molecule has 0 unspecified atom stereocenters. The highest BCUT2D eigenvalue weighted by Gasteiger charge is 2.03. The molecule has 0 amide bonds. The summed E-state index contributed by atoms with van der Waals surface area (Å²) in [6.07, 6.45) is 2.45. The number of hydrogen-bond donors (Lipinski definition) is 2. The first-order valence-electron chi connectivity index (χ1n) is 5.77. The number of methoxy groups -OCH3 is 1. The van der Waals surface area contributed by atoms with Crippen LogP contribution in [-0.2, 0) is 9.47 Å². The average Bonchev–Trinajstić information content (AvgIpc) is 2.39. The molecule has 18 heavy (non-hydrogen) atoms. The van der Waals surface area contributed by atoms with Crippen molar-refractivity contribution in [2.45, 2.75) is 13.3 Å². The Morgan fingerprint density at radius 1 is 1.28 bits per heavy atom. The molecule has 0 aliphatic carbocycles. The molecular formula is C11H20N4O3. The SMILES string of the molecule is COCCOCCCOc1nc(NN)ncc1C. The minimum absolute atomic E-state index is 0.340. The molecule has 1 rings (SSSR count). The molecule has 0 aliphatic rings. The summed E-state index contributed by atoms with van der Waals surface area (Å²) in [5.41, 5.74) is 3.25. The minimum atomic E-state index is 0.340. The van der Waals surface area contributed by atoms with E-state index >= 15 is 0 Å². The smallest absolute Gasteiger partial charge is 0.240 e. The number of nitrogens with zero attached hydrogens (tertiary/aromatic N) is 2. The number of nitrogen functional groups attached to an aromatic ring is 1. The van der Waals surface area contributed by atoms with E-state index in [-0.39, 0.29) is 0 Å². The van der Waals surface area contributed by atoms with Crippen LogP contribution in [0.25, 0.3) is 0 Å². The Kier molecular flexibility index (Phi) is 7.00. The highest BCUT2D eigenvalue weighted by molar-refractivity contribution is 5.31. The third-order valence-electron chi connectivity index (χ3n) is 2.16. The lowest BCUT2D eigenvalue weighted by Gasteiger charge is -2.09. The largest absolute Gasteiger partial charge is 0.477 e. The predicted octanol–water partition coefficient (Wildman–Crippen LogP) is 0.503. The molecule has 0 radical (unpaired) electrons. The number of anilines is 1. The Bertz CT molecular complexity index is 349. The van der Waals surface area contributed by atoms with Crippen molar-refractivity contribution >= 4 is 5.95 Å². The van der Waals surface area contributed by atoms with E-state index in [0.29, 0.717) is 38.3 Å². The van der Waals surface area contributed by atoms with Gasteiger partial charge in [0.2, 0.25) is 11.8 Å². The molecule has 0 fully saturated rings. The second kappa shape index (κ2) is 8.62. The van der Waals surface area contributed by atoms with Crippen molar-refractivity contribution in [1.29, 1.82) is 0 Å². The Morgan fingerprint density at radius 3 is 2.83 bits per heavy atom. The van der Waals surface area contributed by atoms with Gasteiger partial charge in [-0.3, -0.25) is 5.43 Å². The lowest BCUT2D eigenvalue weighted by molar-refractivity contribution is 0.0641. The lowest BCUT2D eigenvalue weighted by atomic mass is 10.4. The van der Waals surface area contributed by atoms with Crippen molar-refractivity contribution in [3.8, 4) is 5.88 Å². The summed E-state index contributed by atoms with van der Waals surface area (Å²) in [4.78, 5) is 8.08. The zero-order valence-corrected chi connectivity index (χ0v) is 10.8. The average molecular weight is 256 g/mol. The van der Waals surface area contributed by atoms with E-state index in [1.807, 2.05) is 6.92 Å². The molecule has 0 bridgehead atoms. The van der Waals surface area contributed by atoms with E-state index in [0.717, 1.165) is 12.0 Å². The molecule has 0 aliphatic heterocycles. The van der Waals surface area contributed by atoms with E-state index < -0.39 is 0 Å². The Morgan fingerprint density at radius 2 is 2.11 bits per heavy atom. The summed E-state index contributed by atoms with van der Waals surface area (Å²) >= 11 is 0.